The number of amides is 3. The Kier molecular flexibility index (Phi) is 10.1. The number of hydrogen-bond donors (Lipinski definition) is 2. The van der Waals surface area contributed by atoms with E-state index in [-0.39, 0.29) is 12.3 Å². The molecule has 2 rings (SSSR count). The molecule has 200 valence electrons. The number of aryl methyl sites for hydroxylation is 2. The minimum Gasteiger partial charge on any atom is -0.444 e. The van der Waals surface area contributed by atoms with Crippen LogP contribution in [-0.2, 0) is 14.3 Å². The number of para-hydroxylation sites is 1. The van der Waals surface area contributed by atoms with Gasteiger partial charge in [0.2, 0.25) is 0 Å². The van der Waals surface area contributed by atoms with E-state index in [9.17, 15) is 14.4 Å². The van der Waals surface area contributed by atoms with Crippen molar-refractivity contribution in [2.24, 2.45) is 5.92 Å². The molecule has 2 aromatic rings. The molecule has 2 atom stereocenters. The minimum atomic E-state index is -1.26. The number of benzene rings is 2. The zero-order chi connectivity index (χ0) is 28.6. The second-order valence-electron chi connectivity index (χ2n) is 10.6. The fourth-order valence-electron chi connectivity index (χ4n) is 4.04. The van der Waals surface area contributed by atoms with Gasteiger partial charge in [-0.15, -0.1) is 6.42 Å². The maximum atomic E-state index is 13.9. The van der Waals surface area contributed by atoms with E-state index in [0.717, 1.165) is 16.0 Å². The van der Waals surface area contributed by atoms with Gasteiger partial charge in [0.25, 0.3) is 11.8 Å². The highest BCUT2D eigenvalue weighted by molar-refractivity contribution is 6.00. The first-order valence-corrected chi connectivity index (χ1v) is 12.5. The number of rotatable bonds is 8. The molecular weight excluding hydrogens is 478 g/mol. The molecule has 0 saturated carbocycles. The first-order valence-electron chi connectivity index (χ1n) is 12.5. The molecule has 2 N–H and O–H groups in total. The van der Waals surface area contributed by atoms with Crippen LogP contribution in [0, 0.1) is 44.6 Å². The van der Waals surface area contributed by atoms with Gasteiger partial charge in [-0.2, -0.15) is 0 Å². The van der Waals surface area contributed by atoms with Gasteiger partial charge in [-0.3, -0.25) is 14.5 Å². The molecule has 0 radical (unpaired) electrons. The fourth-order valence-corrected chi connectivity index (χ4v) is 4.04. The average Bonchev–Trinajstić information content (AvgIpc) is 2.82. The summed E-state index contributed by atoms with van der Waals surface area (Å²) in [5.74, 6) is 1.45. The number of alkyl carbamates (subject to hydrolysis) is 1. The van der Waals surface area contributed by atoms with Gasteiger partial charge in [0, 0.05) is 22.9 Å². The predicted molar refractivity (Wildman–Crippen MR) is 150 cm³/mol. The number of ether oxygens (including phenoxy) is 1. The van der Waals surface area contributed by atoms with Crippen molar-refractivity contribution < 1.29 is 19.1 Å². The second-order valence-corrected chi connectivity index (χ2v) is 10.6. The van der Waals surface area contributed by atoms with Gasteiger partial charge in [-0.1, -0.05) is 62.6 Å². The van der Waals surface area contributed by atoms with Crippen LogP contribution in [-0.4, -0.2) is 34.5 Å². The molecule has 0 bridgehead atoms. The number of carbonyl (C=O) groups is 3. The van der Waals surface area contributed by atoms with Gasteiger partial charge in [-0.05, 0) is 64.2 Å². The Bertz CT molecular complexity index is 1240. The van der Waals surface area contributed by atoms with Crippen molar-refractivity contribution in [3.8, 4) is 24.8 Å². The summed E-state index contributed by atoms with van der Waals surface area (Å²) in [5, 5.41) is 5.58. The Labute approximate surface area is 226 Å². The Morgan fingerprint density at radius 3 is 2.13 bits per heavy atom. The standard InChI is InChI=1S/C31H37N3O4/c1-10-23-17-12-13-18-24(23)27(28(35)33-26-21(5)15-14-16-22(26)6)34(11-2)29(36)25(19-20(3)4)32-30(37)38-31(7,8)9/h1-2,12-18,20,25,27H,19H2,3-9H3,(H,32,37)(H,33,35). The van der Waals surface area contributed by atoms with E-state index in [1.165, 1.54) is 0 Å². The normalized spacial score (nSPS) is 12.5. The quantitative estimate of drug-likeness (QED) is 0.368. The van der Waals surface area contributed by atoms with Gasteiger partial charge in [0.05, 0.1) is 0 Å². The number of terminal acetylenes is 2. The highest BCUT2D eigenvalue weighted by Gasteiger charge is 2.37. The molecule has 7 nitrogen and oxygen atoms in total. The molecule has 0 spiro atoms. The SMILES string of the molecule is C#Cc1ccccc1C(C(=O)Nc1c(C)cccc1C)N(C#C)C(=O)C(CC(C)C)NC(=O)OC(C)(C)C. The Balaban J connectivity index is 2.57. The molecule has 0 heterocycles. The lowest BCUT2D eigenvalue weighted by Gasteiger charge is -2.31. The van der Waals surface area contributed by atoms with Gasteiger partial charge in [0.15, 0.2) is 6.04 Å². The van der Waals surface area contributed by atoms with E-state index in [0.29, 0.717) is 16.8 Å². The molecular formula is C31H37N3O4. The topological polar surface area (TPSA) is 87.7 Å². The van der Waals surface area contributed by atoms with Crippen molar-refractivity contribution in [3.05, 3.63) is 64.7 Å². The zero-order valence-corrected chi connectivity index (χ0v) is 23.2. The summed E-state index contributed by atoms with van der Waals surface area (Å²) in [4.78, 5) is 41.4. The summed E-state index contributed by atoms with van der Waals surface area (Å²) in [6.45, 7) is 12.8. The van der Waals surface area contributed by atoms with Gasteiger partial charge < -0.3 is 15.4 Å². The monoisotopic (exact) mass is 515 g/mol. The van der Waals surface area contributed by atoms with Crippen LogP contribution in [0.15, 0.2) is 42.5 Å². The number of anilines is 1. The highest BCUT2D eigenvalue weighted by atomic mass is 16.6. The largest absolute Gasteiger partial charge is 0.444 e. The maximum absolute atomic E-state index is 13.9. The number of carbonyl (C=O) groups excluding carboxylic acids is 3. The van der Waals surface area contributed by atoms with Gasteiger partial charge >= 0.3 is 6.09 Å². The summed E-state index contributed by atoms with van der Waals surface area (Å²) in [6, 6.07) is 12.5. The third-order valence-corrected chi connectivity index (χ3v) is 5.72. The number of hydrogen-bond acceptors (Lipinski definition) is 4. The molecule has 2 unspecified atom stereocenters. The Morgan fingerprint density at radius 1 is 1.00 bits per heavy atom. The fraction of sp³-hybridized carbons (Fsp3) is 0.387. The molecule has 0 aliphatic carbocycles. The van der Waals surface area contributed by atoms with Crippen molar-refractivity contribution in [2.75, 3.05) is 5.32 Å². The van der Waals surface area contributed by atoms with Crippen LogP contribution >= 0.6 is 0 Å². The Hall–Kier alpha value is -4.23. The van der Waals surface area contributed by atoms with Crippen molar-refractivity contribution in [1.29, 1.82) is 0 Å². The maximum Gasteiger partial charge on any atom is 0.408 e. The summed E-state index contributed by atoms with van der Waals surface area (Å²) >= 11 is 0. The van der Waals surface area contributed by atoms with E-state index < -0.39 is 35.6 Å². The van der Waals surface area contributed by atoms with Crippen LogP contribution in [0.3, 0.4) is 0 Å². The summed E-state index contributed by atoms with van der Waals surface area (Å²) < 4.78 is 5.37. The lowest BCUT2D eigenvalue weighted by atomic mass is 9.96. The lowest BCUT2D eigenvalue weighted by molar-refractivity contribution is -0.137. The molecule has 0 aliphatic heterocycles. The third kappa shape index (κ3) is 7.88. The van der Waals surface area contributed by atoms with Crippen molar-refractivity contribution in [3.63, 3.8) is 0 Å². The molecule has 0 aromatic heterocycles. The number of nitrogens with one attached hydrogen (secondary N) is 2. The van der Waals surface area contributed by atoms with E-state index in [1.54, 1.807) is 45.0 Å². The van der Waals surface area contributed by atoms with E-state index in [4.69, 9.17) is 17.6 Å². The minimum absolute atomic E-state index is 0.0263. The van der Waals surface area contributed by atoms with Crippen LogP contribution in [0.5, 0.6) is 0 Å². The molecule has 0 saturated heterocycles. The first kappa shape index (κ1) is 30.0. The predicted octanol–water partition coefficient (Wildman–Crippen LogP) is 5.32. The van der Waals surface area contributed by atoms with E-state index in [2.05, 4.69) is 22.6 Å². The number of nitrogens with zero attached hydrogens (tertiary/aromatic N) is 1. The van der Waals surface area contributed by atoms with Gasteiger partial charge in [0.1, 0.15) is 11.6 Å². The van der Waals surface area contributed by atoms with E-state index in [1.807, 2.05) is 45.9 Å². The molecule has 7 heteroatoms. The third-order valence-electron chi connectivity index (χ3n) is 5.72. The summed E-state index contributed by atoms with van der Waals surface area (Å²) in [7, 11) is 0. The van der Waals surface area contributed by atoms with Crippen LogP contribution in [0.1, 0.15) is 69.3 Å². The first-order chi connectivity index (χ1) is 17.8. The van der Waals surface area contributed by atoms with Crippen LogP contribution in [0.25, 0.3) is 0 Å². The average molecular weight is 516 g/mol. The summed E-state index contributed by atoms with van der Waals surface area (Å²) in [6.07, 6.45) is 11.1. The molecule has 0 aliphatic rings. The summed E-state index contributed by atoms with van der Waals surface area (Å²) in [5.41, 5.74) is 2.38. The second kappa shape index (κ2) is 12.8. The molecule has 3 amide bonds. The van der Waals surface area contributed by atoms with Crippen molar-refractivity contribution in [2.45, 2.75) is 72.6 Å². The molecule has 0 fully saturated rings. The van der Waals surface area contributed by atoms with Crippen LogP contribution in [0.2, 0.25) is 0 Å². The molecule has 38 heavy (non-hydrogen) atoms. The highest BCUT2D eigenvalue weighted by Crippen LogP contribution is 2.29. The van der Waals surface area contributed by atoms with Gasteiger partial charge in [-0.25, -0.2) is 4.79 Å². The van der Waals surface area contributed by atoms with Crippen molar-refractivity contribution in [1.82, 2.24) is 10.2 Å². The van der Waals surface area contributed by atoms with Crippen LogP contribution in [0.4, 0.5) is 10.5 Å². The zero-order valence-electron chi connectivity index (χ0n) is 23.2. The molecule has 2 aromatic carbocycles. The van der Waals surface area contributed by atoms with E-state index >= 15 is 0 Å². The van der Waals surface area contributed by atoms with Crippen molar-refractivity contribution >= 4 is 23.6 Å². The smallest absolute Gasteiger partial charge is 0.408 e. The Morgan fingerprint density at radius 2 is 1.61 bits per heavy atom. The van der Waals surface area contributed by atoms with Crippen LogP contribution < -0.4 is 10.6 Å². The lowest BCUT2D eigenvalue weighted by Crippen LogP contribution is -2.51.